The molecule has 7 heteroatoms. The summed E-state index contributed by atoms with van der Waals surface area (Å²) in [5.41, 5.74) is 4.02. The number of halogens is 1. The van der Waals surface area contributed by atoms with E-state index in [2.05, 4.69) is 15.6 Å². The number of carbonyl (C=O) groups is 1. The normalized spacial score (nSPS) is 11.1. The number of amides is 1. The lowest BCUT2D eigenvalue weighted by atomic mass is 10.2. The molecule has 0 aliphatic rings. The van der Waals surface area contributed by atoms with Crippen molar-refractivity contribution in [3.63, 3.8) is 0 Å². The van der Waals surface area contributed by atoms with Gasteiger partial charge in [-0.3, -0.25) is 4.79 Å². The summed E-state index contributed by atoms with van der Waals surface area (Å²) in [5.74, 6) is -0.847. The molecule has 2 heterocycles. The molecule has 2 aromatic heterocycles. The molecule has 0 saturated heterocycles. The van der Waals surface area contributed by atoms with Crippen molar-refractivity contribution >= 4 is 12.1 Å². The van der Waals surface area contributed by atoms with Crippen LogP contribution in [0.4, 0.5) is 4.39 Å². The standard InChI is InChI=1S/C17H16FN5O/c1-2-23-16(18)14(12-20-23)11-19-21-17(24)13-5-7-15(8-6-13)22-9-3-4-10-22/h3-12H,2H2,1H3,(H,21,24)/b19-11+. The molecule has 3 aromatic rings. The first-order chi connectivity index (χ1) is 11.7. The molecule has 0 spiro atoms. The Kier molecular flexibility index (Phi) is 4.51. The van der Waals surface area contributed by atoms with Gasteiger partial charge in [0.25, 0.3) is 5.91 Å². The van der Waals surface area contributed by atoms with Crippen molar-refractivity contribution in [2.45, 2.75) is 13.5 Å². The van der Waals surface area contributed by atoms with Gasteiger partial charge >= 0.3 is 0 Å². The zero-order valence-corrected chi connectivity index (χ0v) is 13.1. The molecule has 0 saturated carbocycles. The fourth-order valence-electron chi connectivity index (χ4n) is 2.21. The van der Waals surface area contributed by atoms with Gasteiger partial charge in [-0.2, -0.15) is 14.6 Å². The quantitative estimate of drug-likeness (QED) is 0.579. The maximum absolute atomic E-state index is 13.8. The average Bonchev–Trinajstić information content (AvgIpc) is 3.25. The Morgan fingerprint density at radius 1 is 1.29 bits per heavy atom. The second-order valence-electron chi connectivity index (χ2n) is 5.04. The third-order valence-electron chi connectivity index (χ3n) is 3.50. The number of nitrogens with zero attached hydrogens (tertiary/aromatic N) is 4. The predicted molar refractivity (Wildman–Crippen MR) is 88.7 cm³/mol. The first-order valence-corrected chi connectivity index (χ1v) is 7.47. The van der Waals surface area contributed by atoms with Crippen LogP contribution >= 0.6 is 0 Å². The van der Waals surface area contributed by atoms with E-state index in [1.807, 2.05) is 41.2 Å². The molecular weight excluding hydrogens is 309 g/mol. The number of nitrogens with one attached hydrogen (secondary N) is 1. The molecular formula is C17H16FN5O. The van der Waals surface area contributed by atoms with Gasteiger partial charge in [-0.15, -0.1) is 0 Å². The van der Waals surface area contributed by atoms with Crippen LogP contribution in [0.5, 0.6) is 0 Å². The van der Waals surface area contributed by atoms with Crippen LogP contribution in [0.2, 0.25) is 0 Å². The monoisotopic (exact) mass is 325 g/mol. The van der Waals surface area contributed by atoms with Crippen molar-refractivity contribution in [3.8, 4) is 5.69 Å². The summed E-state index contributed by atoms with van der Waals surface area (Å²) in [6.45, 7) is 2.22. The lowest BCUT2D eigenvalue weighted by Crippen LogP contribution is -2.17. The first-order valence-electron chi connectivity index (χ1n) is 7.47. The van der Waals surface area contributed by atoms with Crippen LogP contribution in [0, 0.1) is 5.95 Å². The van der Waals surface area contributed by atoms with Gasteiger partial charge < -0.3 is 4.57 Å². The molecule has 3 rings (SSSR count). The molecule has 0 atom stereocenters. The largest absolute Gasteiger partial charge is 0.324 e. The molecule has 24 heavy (non-hydrogen) atoms. The summed E-state index contributed by atoms with van der Waals surface area (Å²) in [5, 5.41) is 7.64. The second-order valence-corrected chi connectivity index (χ2v) is 5.04. The van der Waals surface area contributed by atoms with E-state index in [0.29, 0.717) is 12.1 Å². The van der Waals surface area contributed by atoms with Crippen LogP contribution in [0.25, 0.3) is 5.69 Å². The molecule has 1 amide bonds. The summed E-state index contributed by atoms with van der Waals surface area (Å²) in [6, 6.07) is 10.9. The highest BCUT2D eigenvalue weighted by atomic mass is 19.1. The molecule has 122 valence electrons. The Morgan fingerprint density at radius 2 is 2.00 bits per heavy atom. The summed E-state index contributed by atoms with van der Waals surface area (Å²) in [4.78, 5) is 12.0. The molecule has 1 aromatic carbocycles. The number of hydrogen-bond acceptors (Lipinski definition) is 3. The number of hydrogen-bond donors (Lipinski definition) is 1. The maximum atomic E-state index is 13.8. The minimum Gasteiger partial charge on any atom is -0.324 e. The topological polar surface area (TPSA) is 64.2 Å². The third kappa shape index (κ3) is 3.24. The van der Waals surface area contributed by atoms with E-state index in [-0.39, 0.29) is 11.5 Å². The van der Waals surface area contributed by atoms with E-state index in [0.717, 1.165) is 5.69 Å². The molecule has 0 aliphatic carbocycles. The van der Waals surface area contributed by atoms with Crippen LogP contribution in [0.3, 0.4) is 0 Å². The van der Waals surface area contributed by atoms with Gasteiger partial charge in [0.15, 0.2) is 0 Å². The van der Waals surface area contributed by atoms with Crippen LogP contribution in [-0.4, -0.2) is 26.5 Å². The van der Waals surface area contributed by atoms with Gasteiger partial charge in [0.1, 0.15) is 0 Å². The van der Waals surface area contributed by atoms with Crippen LogP contribution in [0.15, 0.2) is 60.1 Å². The zero-order chi connectivity index (χ0) is 16.9. The highest BCUT2D eigenvalue weighted by Gasteiger charge is 2.07. The highest BCUT2D eigenvalue weighted by Crippen LogP contribution is 2.10. The highest BCUT2D eigenvalue weighted by molar-refractivity contribution is 5.95. The minimum atomic E-state index is -0.480. The van der Waals surface area contributed by atoms with Crippen molar-refractivity contribution in [3.05, 3.63) is 72.1 Å². The maximum Gasteiger partial charge on any atom is 0.271 e. The van der Waals surface area contributed by atoms with Crippen LogP contribution < -0.4 is 5.43 Å². The fourth-order valence-corrected chi connectivity index (χ4v) is 2.21. The van der Waals surface area contributed by atoms with Gasteiger partial charge in [-0.05, 0) is 43.3 Å². The zero-order valence-electron chi connectivity index (χ0n) is 13.1. The van der Waals surface area contributed by atoms with Gasteiger partial charge in [0, 0.05) is 30.2 Å². The predicted octanol–water partition coefficient (Wildman–Crippen LogP) is 2.60. The molecule has 0 fully saturated rings. The summed E-state index contributed by atoms with van der Waals surface area (Å²) < 4.78 is 16.9. The van der Waals surface area contributed by atoms with E-state index in [1.165, 1.54) is 17.1 Å². The van der Waals surface area contributed by atoms with Crippen molar-refractivity contribution in [1.82, 2.24) is 19.8 Å². The van der Waals surface area contributed by atoms with Crippen LogP contribution in [0.1, 0.15) is 22.8 Å². The van der Waals surface area contributed by atoms with Crippen molar-refractivity contribution in [1.29, 1.82) is 0 Å². The van der Waals surface area contributed by atoms with Crippen molar-refractivity contribution < 1.29 is 9.18 Å². The lowest BCUT2D eigenvalue weighted by molar-refractivity contribution is 0.0955. The van der Waals surface area contributed by atoms with Gasteiger partial charge in [0.2, 0.25) is 5.95 Å². The second kappa shape index (κ2) is 6.91. The summed E-state index contributed by atoms with van der Waals surface area (Å²) >= 11 is 0. The number of aryl methyl sites for hydroxylation is 1. The number of rotatable bonds is 5. The summed E-state index contributed by atoms with van der Waals surface area (Å²) in [7, 11) is 0. The van der Waals surface area contributed by atoms with Gasteiger partial charge in [-0.25, -0.2) is 10.1 Å². The molecule has 0 bridgehead atoms. The Balaban J connectivity index is 1.64. The lowest BCUT2D eigenvalue weighted by Gasteiger charge is -2.04. The van der Waals surface area contributed by atoms with Gasteiger partial charge in [0.05, 0.1) is 18.0 Å². The Bertz CT molecular complexity index is 850. The molecule has 0 radical (unpaired) electrons. The van der Waals surface area contributed by atoms with E-state index in [9.17, 15) is 9.18 Å². The third-order valence-corrected chi connectivity index (χ3v) is 3.50. The molecule has 0 unspecified atom stereocenters. The Hall–Kier alpha value is -3.22. The smallest absolute Gasteiger partial charge is 0.271 e. The molecule has 0 aliphatic heterocycles. The Morgan fingerprint density at radius 3 is 2.62 bits per heavy atom. The Labute approximate surface area is 138 Å². The fraction of sp³-hybridized carbons (Fsp3) is 0.118. The average molecular weight is 325 g/mol. The molecule has 6 nitrogen and oxygen atoms in total. The van der Waals surface area contributed by atoms with Crippen molar-refractivity contribution in [2.75, 3.05) is 0 Å². The number of carbonyl (C=O) groups excluding carboxylic acids is 1. The first kappa shape index (κ1) is 15.7. The van der Waals surface area contributed by atoms with Crippen LogP contribution in [-0.2, 0) is 6.54 Å². The van der Waals surface area contributed by atoms with Crippen molar-refractivity contribution in [2.24, 2.45) is 5.10 Å². The number of benzene rings is 1. The SMILES string of the molecule is CCn1ncc(/C=N/NC(=O)c2ccc(-n3cccc3)cc2)c1F. The number of aromatic nitrogens is 3. The minimum absolute atomic E-state index is 0.222. The van der Waals surface area contributed by atoms with E-state index >= 15 is 0 Å². The number of hydrazone groups is 1. The molecule has 1 N–H and O–H groups in total. The van der Waals surface area contributed by atoms with E-state index in [1.54, 1.807) is 19.1 Å². The van der Waals surface area contributed by atoms with E-state index in [4.69, 9.17) is 0 Å². The summed E-state index contributed by atoms with van der Waals surface area (Å²) in [6.07, 6.45) is 6.44. The van der Waals surface area contributed by atoms with Gasteiger partial charge in [-0.1, -0.05) is 0 Å². The van der Waals surface area contributed by atoms with E-state index < -0.39 is 5.95 Å².